The predicted molar refractivity (Wildman–Crippen MR) is 97.7 cm³/mol. The average molecular weight is 353 g/mol. The van der Waals surface area contributed by atoms with Crippen LogP contribution in [-0.4, -0.2) is 34.7 Å². The molecule has 1 aliphatic rings. The van der Waals surface area contributed by atoms with Crippen LogP contribution in [0.4, 0.5) is 0 Å². The first-order chi connectivity index (χ1) is 11.2. The summed E-state index contributed by atoms with van der Waals surface area (Å²) in [5.41, 5.74) is 1.57. The lowest BCUT2D eigenvalue weighted by Gasteiger charge is -2.09. The van der Waals surface area contributed by atoms with Crippen LogP contribution in [-0.2, 0) is 17.9 Å². The fraction of sp³-hybridized carbons (Fsp3) is 0.529. The number of aromatic nitrogens is 2. The Bertz CT molecular complexity index is 747. The Morgan fingerprint density at radius 2 is 2.00 bits per heavy atom. The maximum Gasteiger partial charge on any atom is 0.329 e. The van der Waals surface area contributed by atoms with Crippen molar-refractivity contribution in [1.82, 2.24) is 19.8 Å². The molecule has 2 aromatic rings. The number of para-hydroxylation sites is 2. The van der Waals surface area contributed by atoms with Crippen LogP contribution in [0.3, 0.4) is 0 Å². The normalized spacial score (nSPS) is 17.0. The molecule has 1 amide bonds. The molecule has 1 atom stereocenters. The highest BCUT2D eigenvalue weighted by molar-refractivity contribution is 5.85. The van der Waals surface area contributed by atoms with E-state index in [-0.39, 0.29) is 30.5 Å². The second-order valence-electron chi connectivity index (χ2n) is 6.10. The van der Waals surface area contributed by atoms with Crippen LogP contribution in [0.2, 0.25) is 0 Å². The van der Waals surface area contributed by atoms with Crippen LogP contribution >= 0.6 is 12.4 Å². The van der Waals surface area contributed by atoms with E-state index in [4.69, 9.17) is 0 Å². The number of hydrogen-bond donors (Lipinski definition) is 2. The fourth-order valence-corrected chi connectivity index (χ4v) is 3.31. The van der Waals surface area contributed by atoms with Gasteiger partial charge < -0.3 is 10.6 Å². The predicted octanol–water partition coefficient (Wildman–Crippen LogP) is 1.36. The van der Waals surface area contributed by atoms with E-state index in [9.17, 15) is 9.59 Å². The van der Waals surface area contributed by atoms with E-state index in [1.54, 1.807) is 9.13 Å². The van der Waals surface area contributed by atoms with Crippen LogP contribution < -0.4 is 16.3 Å². The van der Waals surface area contributed by atoms with Crippen molar-refractivity contribution in [2.24, 2.45) is 5.92 Å². The highest BCUT2D eigenvalue weighted by Gasteiger charge is 2.16. The van der Waals surface area contributed by atoms with Gasteiger partial charge >= 0.3 is 5.69 Å². The number of imidazole rings is 1. The number of rotatable bonds is 6. The monoisotopic (exact) mass is 352 g/mol. The van der Waals surface area contributed by atoms with Crippen molar-refractivity contribution in [3.05, 3.63) is 34.7 Å². The molecular weight excluding hydrogens is 328 g/mol. The standard InChI is InChI=1S/C17H24N4O2.ClH/c1-2-20-14-5-3-4-6-15(14)21(17(20)23)12-16(22)19-10-8-13-7-9-18-11-13;/h3-6,13,18H,2,7-12H2,1H3,(H,19,22);1H. The van der Waals surface area contributed by atoms with Crippen LogP contribution in [0.5, 0.6) is 0 Å². The van der Waals surface area contributed by atoms with Gasteiger partial charge in [0.1, 0.15) is 6.54 Å². The number of halogens is 1. The maximum absolute atomic E-state index is 12.5. The molecule has 7 heteroatoms. The Balaban J connectivity index is 0.00000208. The summed E-state index contributed by atoms with van der Waals surface area (Å²) in [6, 6.07) is 7.61. The van der Waals surface area contributed by atoms with Gasteiger partial charge in [0, 0.05) is 13.1 Å². The first-order valence-electron chi connectivity index (χ1n) is 8.36. The molecule has 1 aliphatic heterocycles. The molecular formula is C17H25ClN4O2. The van der Waals surface area contributed by atoms with Gasteiger partial charge in [0.2, 0.25) is 5.91 Å². The molecule has 132 valence electrons. The van der Waals surface area contributed by atoms with Crippen LogP contribution in [0.1, 0.15) is 19.8 Å². The second kappa shape index (κ2) is 8.35. The molecule has 2 N–H and O–H groups in total. The third-order valence-electron chi connectivity index (χ3n) is 4.58. The van der Waals surface area contributed by atoms with Crippen LogP contribution in [0.15, 0.2) is 29.1 Å². The molecule has 2 heterocycles. The molecule has 0 spiro atoms. The Morgan fingerprint density at radius 1 is 1.29 bits per heavy atom. The van der Waals surface area contributed by atoms with E-state index in [0.29, 0.717) is 19.0 Å². The SMILES string of the molecule is CCn1c(=O)n(CC(=O)NCCC2CCNC2)c2ccccc21.Cl. The molecule has 1 aromatic carbocycles. The Hall–Kier alpha value is -1.79. The van der Waals surface area contributed by atoms with Gasteiger partial charge in [-0.05, 0) is 50.9 Å². The van der Waals surface area contributed by atoms with Crippen LogP contribution in [0, 0.1) is 5.92 Å². The van der Waals surface area contributed by atoms with Crippen molar-refractivity contribution < 1.29 is 4.79 Å². The third kappa shape index (κ3) is 3.82. The summed E-state index contributed by atoms with van der Waals surface area (Å²) >= 11 is 0. The smallest absolute Gasteiger partial charge is 0.329 e. The molecule has 0 radical (unpaired) electrons. The van der Waals surface area contributed by atoms with Gasteiger partial charge in [-0.2, -0.15) is 0 Å². The topological polar surface area (TPSA) is 68.1 Å². The largest absolute Gasteiger partial charge is 0.355 e. The van der Waals surface area contributed by atoms with Crippen molar-refractivity contribution in [3.8, 4) is 0 Å². The van der Waals surface area contributed by atoms with E-state index in [2.05, 4.69) is 10.6 Å². The first kappa shape index (κ1) is 18.5. The first-order valence-corrected chi connectivity index (χ1v) is 8.36. The minimum Gasteiger partial charge on any atom is -0.355 e. The highest BCUT2D eigenvalue weighted by Crippen LogP contribution is 2.13. The molecule has 1 fully saturated rings. The highest BCUT2D eigenvalue weighted by atomic mass is 35.5. The number of carbonyl (C=O) groups is 1. The Morgan fingerprint density at radius 3 is 2.62 bits per heavy atom. The molecule has 24 heavy (non-hydrogen) atoms. The summed E-state index contributed by atoms with van der Waals surface area (Å²) in [5.74, 6) is 0.553. The molecule has 1 saturated heterocycles. The molecule has 0 aliphatic carbocycles. The summed E-state index contributed by atoms with van der Waals surface area (Å²) in [5, 5.41) is 6.27. The van der Waals surface area contributed by atoms with Crippen molar-refractivity contribution in [1.29, 1.82) is 0 Å². The summed E-state index contributed by atoms with van der Waals surface area (Å²) < 4.78 is 3.26. The number of aryl methyl sites for hydroxylation is 1. The van der Waals surface area contributed by atoms with Gasteiger partial charge in [-0.1, -0.05) is 12.1 Å². The molecule has 0 saturated carbocycles. The van der Waals surface area contributed by atoms with Gasteiger partial charge in [0.25, 0.3) is 0 Å². The van der Waals surface area contributed by atoms with Crippen molar-refractivity contribution in [2.45, 2.75) is 32.9 Å². The number of nitrogens with zero attached hydrogens (tertiary/aromatic N) is 2. The lowest BCUT2D eigenvalue weighted by molar-refractivity contribution is -0.121. The van der Waals surface area contributed by atoms with Gasteiger partial charge in [-0.15, -0.1) is 12.4 Å². The van der Waals surface area contributed by atoms with E-state index in [1.165, 1.54) is 6.42 Å². The third-order valence-corrected chi connectivity index (χ3v) is 4.58. The minimum absolute atomic E-state index is 0. The fourth-order valence-electron chi connectivity index (χ4n) is 3.31. The van der Waals surface area contributed by atoms with Crippen molar-refractivity contribution in [2.75, 3.05) is 19.6 Å². The number of hydrogen-bond acceptors (Lipinski definition) is 3. The summed E-state index contributed by atoms with van der Waals surface area (Å²) in [4.78, 5) is 24.7. The summed E-state index contributed by atoms with van der Waals surface area (Å²) in [6.07, 6.45) is 2.17. The van der Waals surface area contributed by atoms with E-state index in [1.807, 2.05) is 31.2 Å². The Kier molecular flexibility index (Phi) is 6.45. The van der Waals surface area contributed by atoms with Crippen molar-refractivity contribution in [3.63, 3.8) is 0 Å². The lowest BCUT2D eigenvalue weighted by Crippen LogP contribution is -2.34. The number of nitrogens with one attached hydrogen (secondary N) is 2. The molecule has 1 aromatic heterocycles. The Labute approximate surface area is 147 Å². The van der Waals surface area contributed by atoms with Gasteiger partial charge in [-0.25, -0.2) is 4.79 Å². The number of fused-ring (bicyclic) bond motifs is 1. The molecule has 3 rings (SSSR count). The molecule has 0 bridgehead atoms. The summed E-state index contributed by atoms with van der Waals surface area (Å²) in [7, 11) is 0. The summed E-state index contributed by atoms with van der Waals surface area (Å²) in [6.45, 7) is 5.40. The zero-order valence-electron chi connectivity index (χ0n) is 14.0. The average Bonchev–Trinajstić information content (AvgIpc) is 3.15. The van der Waals surface area contributed by atoms with Gasteiger partial charge in [0.05, 0.1) is 11.0 Å². The second-order valence-corrected chi connectivity index (χ2v) is 6.10. The lowest BCUT2D eigenvalue weighted by atomic mass is 10.1. The van der Waals surface area contributed by atoms with Crippen LogP contribution in [0.25, 0.3) is 11.0 Å². The molecule has 6 nitrogen and oxygen atoms in total. The number of carbonyl (C=O) groups excluding carboxylic acids is 1. The van der Waals surface area contributed by atoms with E-state index < -0.39 is 0 Å². The van der Waals surface area contributed by atoms with E-state index >= 15 is 0 Å². The number of amides is 1. The zero-order chi connectivity index (χ0) is 16.2. The van der Waals surface area contributed by atoms with Gasteiger partial charge in [-0.3, -0.25) is 13.9 Å². The van der Waals surface area contributed by atoms with Gasteiger partial charge in [0.15, 0.2) is 0 Å². The molecule has 1 unspecified atom stereocenters. The number of benzene rings is 1. The maximum atomic E-state index is 12.5. The minimum atomic E-state index is -0.121. The van der Waals surface area contributed by atoms with E-state index in [0.717, 1.165) is 30.5 Å². The zero-order valence-corrected chi connectivity index (χ0v) is 14.8. The van der Waals surface area contributed by atoms with Crippen molar-refractivity contribution >= 4 is 29.3 Å². The quantitative estimate of drug-likeness (QED) is 0.825.